The van der Waals surface area contributed by atoms with Crippen molar-refractivity contribution in [2.75, 3.05) is 19.6 Å². The van der Waals surface area contributed by atoms with E-state index in [1.165, 1.54) is 4.90 Å². The molecule has 2 rings (SSSR count). The Hall–Kier alpha value is -0.780. The SMILES string of the molecule is C[C@H](NC1CCN(CC(F)(F)F)CC1)c1ccccc1Cl. The summed E-state index contributed by atoms with van der Waals surface area (Å²) in [5, 5.41) is 4.18. The largest absolute Gasteiger partial charge is 0.401 e. The van der Waals surface area contributed by atoms with Crippen LogP contribution >= 0.6 is 11.6 Å². The van der Waals surface area contributed by atoms with E-state index in [9.17, 15) is 13.2 Å². The minimum Gasteiger partial charge on any atom is -0.307 e. The van der Waals surface area contributed by atoms with Gasteiger partial charge in [-0.3, -0.25) is 4.90 Å². The maximum absolute atomic E-state index is 12.3. The van der Waals surface area contributed by atoms with Crippen molar-refractivity contribution in [2.24, 2.45) is 0 Å². The second-order valence-corrected chi connectivity index (χ2v) is 5.98. The van der Waals surface area contributed by atoms with E-state index in [1.54, 1.807) is 0 Å². The van der Waals surface area contributed by atoms with Crippen LogP contribution in [0.2, 0.25) is 5.02 Å². The molecular formula is C15H20ClF3N2. The molecule has 1 aliphatic rings. The molecule has 1 aromatic rings. The molecule has 1 aromatic carbocycles. The summed E-state index contributed by atoms with van der Waals surface area (Å²) in [6, 6.07) is 7.97. The lowest BCUT2D eigenvalue weighted by Gasteiger charge is -2.34. The molecule has 1 aliphatic heterocycles. The Bertz CT molecular complexity index is 456. The summed E-state index contributed by atoms with van der Waals surface area (Å²) < 4.78 is 37.0. The predicted octanol–water partition coefficient (Wildman–Crippen LogP) is 4.02. The van der Waals surface area contributed by atoms with Gasteiger partial charge in [-0.25, -0.2) is 0 Å². The van der Waals surface area contributed by atoms with E-state index >= 15 is 0 Å². The molecular weight excluding hydrogens is 301 g/mol. The zero-order chi connectivity index (χ0) is 15.5. The first kappa shape index (κ1) is 16.6. The number of benzene rings is 1. The van der Waals surface area contributed by atoms with E-state index in [0.717, 1.165) is 18.4 Å². The smallest absolute Gasteiger partial charge is 0.307 e. The van der Waals surface area contributed by atoms with Crippen LogP contribution in [-0.2, 0) is 0 Å². The van der Waals surface area contributed by atoms with E-state index < -0.39 is 12.7 Å². The molecule has 0 unspecified atom stereocenters. The Morgan fingerprint density at radius 1 is 1.29 bits per heavy atom. The van der Waals surface area contributed by atoms with Gasteiger partial charge in [-0.05, 0) is 44.5 Å². The molecule has 1 atom stereocenters. The molecule has 6 heteroatoms. The van der Waals surface area contributed by atoms with Crippen LogP contribution in [0, 0.1) is 0 Å². The van der Waals surface area contributed by atoms with Gasteiger partial charge in [0.25, 0.3) is 0 Å². The summed E-state index contributed by atoms with van der Waals surface area (Å²) in [5.41, 5.74) is 1.02. The zero-order valence-corrected chi connectivity index (χ0v) is 12.7. The van der Waals surface area contributed by atoms with Crippen LogP contribution in [0.3, 0.4) is 0 Å². The number of likely N-dealkylation sites (tertiary alicyclic amines) is 1. The highest BCUT2D eigenvalue weighted by Crippen LogP contribution is 2.25. The highest BCUT2D eigenvalue weighted by atomic mass is 35.5. The molecule has 1 fully saturated rings. The molecule has 0 saturated carbocycles. The van der Waals surface area contributed by atoms with Gasteiger partial charge in [0.2, 0.25) is 0 Å². The Kier molecular flexibility index (Phi) is 5.52. The summed E-state index contributed by atoms with van der Waals surface area (Å²) in [6.45, 7) is 2.18. The molecule has 118 valence electrons. The molecule has 0 bridgehead atoms. The lowest BCUT2D eigenvalue weighted by atomic mass is 10.0. The number of hydrogen-bond donors (Lipinski definition) is 1. The molecule has 1 heterocycles. The highest BCUT2D eigenvalue weighted by Gasteiger charge is 2.32. The van der Waals surface area contributed by atoms with E-state index in [0.29, 0.717) is 18.1 Å². The van der Waals surface area contributed by atoms with E-state index in [4.69, 9.17) is 11.6 Å². The number of nitrogens with zero attached hydrogens (tertiary/aromatic N) is 1. The van der Waals surface area contributed by atoms with E-state index in [-0.39, 0.29) is 12.1 Å². The highest BCUT2D eigenvalue weighted by molar-refractivity contribution is 6.31. The number of alkyl halides is 3. The van der Waals surface area contributed by atoms with Crippen molar-refractivity contribution in [2.45, 2.75) is 38.0 Å². The maximum Gasteiger partial charge on any atom is 0.401 e. The van der Waals surface area contributed by atoms with Crippen LogP contribution in [-0.4, -0.2) is 36.8 Å². The predicted molar refractivity (Wildman–Crippen MR) is 78.5 cm³/mol. The van der Waals surface area contributed by atoms with E-state index in [1.807, 2.05) is 31.2 Å². The van der Waals surface area contributed by atoms with Crippen molar-refractivity contribution in [1.29, 1.82) is 0 Å². The number of hydrogen-bond acceptors (Lipinski definition) is 2. The number of halogens is 4. The number of rotatable bonds is 4. The van der Waals surface area contributed by atoms with Crippen molar-refractivity contribution in [3.63, 3.8) is 0 Å². The van der Waals surface area contributed by atoms with Crippen LogP contribution in [0.1, 0.15) is 31.4 Å². The van der Waals surface area contributed by atoms with Gasteiger partial charge in [-0.1, -0.05) is 29.8 Å². The molecule has 0 spiro atoms. The monoisotopic (exact) mass is 320 g/mol. The van der Waals surface area contributed by atoms with Gasteiger partial charge in [0, 0.05) is 17.1 Å². The maximum atomic E-state index is 12.3. The molecule has 0 aromatic heterocycles. The first-order valence-corrected chi connectivity index (χ1v) is 7.52. The van der Waals surface area contributed by atoms with Crippen LogP contribution < -0.4 is 5.32 Å². The lowest BCUT2D eigenvalue weighted by molar-refractivity contribution is -0.148. The molecule has 2 nitrogen and oxygen atoms in total. The minimum atomic E-state index is -4.11. The first-order valence-electron chi connectivity index (χ1n) is 7.15. The Balaban J connectivity index is 1.82. The fraction of sp³-hybridized carbons (Fsp3) is 0.600. The normalized spacial score (nSPS) is 19.7. The van der Waals surface area contributed by atoms with Gasteiger partial charge >= 0.3 is 6.18 Å². The summed E-state index contributed by atoms with van der Waals surface area (Å²) in [7, 11) is 0. The van der Waals surface area contributed by atoms with Gasteiger partial charge in [-0.2, -0.15) is 13.2 Å². The van der Waals surface area contributed by atoms with Crippen molar-refractivity contribution < 1.29 is 13.2 Å². The third kappa shape index (κ3) is 5.16. The second kappa shape index (κ2) is 6.99. The quantitative estimate of drug-likeness (QED) is 0.901. The fourth-order valence-corrected chi connectivity index (χ4v) is 3.08. The zero-order valence-electron chi connectivity index (χ0n) is 12.0. The van der Waals surface area contributed by atoms with Crippen LogP contribution in [0.15, 0.2) is 24.3 Å². The fourth-order valence-electron chi connectivity index (χ4n) is 2.78. The van der Waals surface area contributed by atoms with Gasteiger partial charge in [-0.15, -0.1) is 0 Å². The minimum absolute atomic E-state index is 0.0952. The summed E-state index contributed by atoms with van der Waals surface area (Å²) in [6.07, 6.45) is -2.65. The summed E-state index contributed by atoms with van der Waals surface area (Å²) in [4.78, 5) is 1.47. The van der Waals surface area contributed by atoms with Crippen molar-refractivity contribution in [3.05, 3.63) is 34.9 Å². The first-order chi connectivity index (χ1) is 9.85. The van der Waals surface area contributed by atoms with Crippen molar-refractivity contribution in [1.82, 2.24) is 10.2 Å². The molecule has 0 amide bonds. The Morgan fingerprint density at radius 3 is 2.48 bits per heavy atom. The molecule has 21 heavy (non-hydrogen) atoms. The summed E-state index contributed by atoms with van der Waals surface area (Å²) in [5.74, 6) is 0. The molecule has 1 saturated heterocycles. The molecule has 0 aliphatic carbocycles. The third-order valence-electron chi connectivity index (χ3n) is 3.85. The average Bonchev–Trinajstić information content (AvgIpc) is 2.40. The van der Waals surface area contributed by atoms with Crippen molar-refractivity contribution in [3.8, 4) is 0 Å². The second-order valence-electron chi connectivity index (χ2n) is 5.58. The average molecular weight is 321 g/mol. The van der Waals surface area contributed by atoms with Crippen LogP contribution in [0.25, 0.3) is 0 Å². The van der Waals surface area contributed by atoms with Crippen molar-refractivity contribution >= 4 is 11.6 Å². The molecule has 0 radical (unpaired) electrons. The van der Waals surface area contributed by atoms with Gasteiger partial charge in [0.15, 0.2) is 0 Å². The molecule has 1 N–H and O–H groups in total. The van der Waals surface area contributed by atoms with Gasteiger partial charge in [0.05, 0.1) is 6.54 Å². The third-order valence-corrected chi connectivity index (χ3v) is 4.19. The number of piperidine rings is 1. The van der Waals surface area contributed by atoms with E-state index in [2.05, 4.69) is 5.32 Å². The topological polar surface area (TPSA) is 15.3 Å². The lowest BCUT2D eigenvalue weighted by Crippen LogP contribution is -2.46. The number of nitrogens with one attached hydrogen (secondary N) is 1. The van der Waals surface area contributed by atoms with Gasteiger partial charge < -0.3 is 5.32 Å². The van der Waals surface area contributed by atoms with Crippen LogP contribution in [0.5, 0.6) is 0 Å². The summed E-state index contributed by atoms with van der Waals surface area (Å²) >= 11 is 6.16. The van der Waals surface area contributed by atoms with Crippen LogP contribution in [0.4, 0.5) is 13.2 Å². The Labute approximate surface area is 128 Å². The standard InChI is InChI=1S/C15H20ClF3N2/c1-11(13-4-2-3-5-14(13)16)20-12-6-8-21(9-7-12)10-15(17,18)19/h2-5,11-12,20H,6-10H2,1H3/t11-/m0/s1. The Morgan fingerprint density at radius 2 is 1.90 bits per heavy atom. The van der Waals surface area contributed by atoms with Gasteiger partial charge in [0.1, 0.15) is 0 Å².